The summed E-state index contributed by atoms with van der Waals surface area (Å²) >= 11 is 0. The van der Waals surface area contributed by atoms with Gasteiger partial charge in [0.05, 0.1) is 6.20 Å². The van der Waals surface area contributed by atoms with Gasteiger partial charge >= 0.3 is 0 Å². The molecule has 0 radical (unpaired) electrons. The molecule has 1 aliphatic rings. The second kappa shape index (κ2) is 4.75. The molecule has 1 atom stereocenters. The largest absolute Gasteiger partial charge is 0.383 e. The number of rotatable bonds is 1. The molecule has 1 amide bonds. The molecular formula is C11H19N5O. The molecule has 2 rings (SSSR count). The van der Waals surface area contributed by atoms with Gasteiger partial charge < -0.3 is 15.5 Å². The van der Waals surface area contributed by atoms with Gasteiger partial charge in [0.1, 0.15) is 11.4 Å². The lowest BCUT2D eigenvalue weighted by atomic mass is 10.2. The molecule has 0 bridgehead atoms. The van der Waals surface area contributed by atoms with Crippen LogP contribution in [0.4, 0.5) is 5.82 Å². The molecule has 1 saturated heterocycles. The van der Waals surface area contributed by atoms with Gasteiger partial charge in [-0.2, -0.15) is 5.10 Å². The van der Waals surface area contributed by atoms with Gasteiger partial charge in [-0.3, -0.25) is 9.89 Å². The van der Waals surface area contributed by atoms with Gasteiger partial charge in [0.25, 0.3) is 5.91 Å². The molecule has 0 aromatic carbocycles. The first-order chi connectivity index (χ1) is 8.09. The molecule has 94 valence electrons. The monoisotopic (exact) mass is 237 g/mol. The van der Waals surface area contributed by atoms with Crippen molar-refractivity contribution in [3.05, 3.63) is 11.8 Å². The van der Waals surface area contributed by atoms with Crippen molar-refractivity contribution >= 4 is 11.7 Å². The number of nitrogen functional groups attached to an aromatic ring is 1. The average Bonchev–Trinajstić information content (AvgIpc) is 2.61. The van der Waals surface area contributed by atoms with Crippen molar-refractivity contribution in [2.75, 3.05) is 32.4 Å². The summed E-state index contributed by atoms with van der Waals surface area (Å²) in [6, 6.07) is 0.198. The minimum Gasteiger partial charge on any atom is -0.383 e. The summed E-state index contributed by atoms with van der Waals surface area (Å²) in [4.78, 5) is 16.4. The fraction of sp³-hybridized carbons (Fsp3) is 0.636. The van der Waals surface area contributed by atoms with Crippen molar-refractivity contribution in [3.63, 3.8) is 0 Å². The lowest BCUT2D eigenvalue weighted by Gasteiger charge is -2.27. The van der Waals surface area contributed by atoms with E-state index in [4.69, 9.17) is 5.73 Å². The van der Waals surface area contributed by atoms with Gasteiger partial charge in [-0.05, 0) is 26.9 Å². The third kappa shape index (κ3) is 2.41. The predicted molar refractivity (Wildman–Crippen MR) is 65.6 cm³/mol. The first-order valence-corrected chi connectivity index (χ1v) is 5.88. The normalized spacial score (nSPS) is 22.5. The zero-order valence-corrected chi connectivity index (χ0v) is 10.3. The standard InChI is InChI=1S/C11H19N5O/c1-8-7-15(2)4-3-5-16(8)11(17)9-6-13-14-10(9)12/h6,8H,3-5,7H2,1-2H3,(H3,12,13,14). The van der Waals surface area contributed by atoms with Crippen molar-refractivity contribution in [1.82, 2.24) is 20.0 Å². The lowest BCUT2D eigenvalue weighted by molar-refractivity contribution is 0.0697. The van der Waals surface area contributed by atoms with E-state index in [1.807, 2.05) is 4.90 Å². The topological polar surface area (TPSA) is 78.2 Å². The quantitative estimate of drug-likeness (QED) is 0.729. The number of hydrogen-bond donors (Lipinski definition) is 2. The van der Waals surface area contributed by atoms with Gasteiger partial charge in [-0.15, -0.1) is 0 Å². The van der Waals surface area contributed by atoms with E-state index in [0.29, 0.717) is 11.4 Å². The van der Waals surface area contributed by atoms with Gasteiger partial charge in [0, 0.05) is 19.1 Å². The average molecular weight is 237 g/mol. The summed E-state index contributed by atoms with van der Waals surface area (Å²) in [5.41, 5.74) is 6.16. The molecule has 17 heavy (non-hydrogen) atoms. The van der Waals surface area contributed by atoms with Gasteiger partial charge in [0.15, 0.2) is 0 Å². The first kappa shape index (κ1) is 11.9. The number of nitrogens with one attached hydrogen (secondary N) is 1. The number of nitrogens with two attached hydrogens (primary N) is 1. The SMILES string of the molecule is CC1CN(C)CCCN1C(=O)c1cn[nH]c1N. The Morgan fingerprint density at radius 3 is 3.00 bits per heavy atom. The minimum absolute atomic E-state index is 0.0287. The van der Waals surface area contributed by atoms with E-state index in [1.165, 1.54) is 6.20 Å². The van der Waals surface area contributed by atoms with E-state index >= 15 is 0 Å². The zero-order valence-electron chi connectivity index (χ0n) is 10.3. The Balaban J connectivity index is 2.16. The van der Waals surface area contributed by atoms with Crippen LogP contribution < -0.4 is 5.73 Å². The second-order valence-electron chi connectivity index (χ2n) is 4.66. The maximum Gasteiger partial charge on any atom is 0.259 e. The number of aromatic nitrogens is 2. The Labute approximate surface area is 101 Å². The number of amides is 1. The summed E-state index contributed by atoms with van der Waals surface area (Å²) in [6.07, 6.45) is 2.49. The van der Waals surface area contributed by atoms with Crippen LogP contribution in [0.25, 0.3) is 0 Å². The predicted octanol–water partition coefficient (Wildman–Crippen LogP) is 0.158. The maximum atomic E-state index is 12.3. The number of aromatic amines is 1. The zero-order chi connectivity index (χ0) is 12.4. The third-order valence-electron chi connectivity index (χ3n) is 3.21. The summed E-state index contributed by atoms with van der Waals surface area (Å²) in [5.74, 6) is 0.318. The molecule has 1 aromatic heterocycles. The van der Waals surface area contributed by atoms with Crippen molar-refractivity contribution < 1.29 is 4.79 Å². The van der Waals surface area contributed by atoms with Crippen LogP contribution in [0.15, 0.2) is 6.20 Å². The third-order valence-corrected chi connectivity index (χ3v) is 3.21. The Morgan fingerprint density at radius 2 is 2.35 bits per heavy atom. The number of anilines is 1. The van der Waals surface area contributed by atoms with E-state index in [-0.39, 0.29) is 11.9 Å². The van der Waals surface area contributed by atoms with Crippen LogP contribution >= 0.6 is 0 Å². The van der Waals surface area contributed by atoms with E-state index in [2.05, 4.69) is 29.1 Å². The highest BCUT2D eigenvalue weighted by Gasteiger charge is 2.26. The van der Waals surface area contributed by atoms with Crippen LogP contribution in [0.2, 0.25) is 0 Å². The molecule has 1 fully saturated rings. The highest BCUT2D eigenvalue weighted by Crippen LogP contribution is 2.15. The summed E-state index contributed by atoms with van der Waals surface area (Å²) < 4.78 is 0. The van der Waals surface area contributed by atoms with E-state index in [9.17, 15) is 4.79 Å². The number of H-pyrrole nitrogens is 1. The Hall–Kier alpha value is -1.56. The number of hydrogen-bond acceptors (Lipinski definition) is 4. The summed E-state index contributed by atoms with van der Waals surface area (Å²) in [6.45, 7) is 4.75. The molecule has 0 saturated carbocycles. The number of carbonyl (C=O) groups excluding carboxylic acids is 1. The summed E-state index contributed by atoms with van der Waals surface area (Å²) in [5, 5.41) is 6.39. The van der Waals surface area contributed by atoms with Crippen LogP contribution in [-0.2, 0) is 0 Å². The molecule has 0 aliphatic carbocycles. The number of nitrogens with zero attached hydrogens (tertiary/aromatic N) is 3. The van der Waals surface area contributed by atoms with Crippen molar-refractivity contribution in [2.45, 2.75) is 19.4 Å². The maximum absolute atomic E-state index is 12.3. The van der Waals surface area contributed by atoms with Crippen molar-refractivity contribution in [1.29, 1.82) is 0 Å². The van der Waals surface area contributed by atoms with Gasteiger partial charge in [-0.25, -0.2) is 0 Å². The molecule has 1 aromatic rings. The van der Waals surface area contributed by atoms with Crippen molar-refractivity contribution in [2.24, 2.45) is 0 Å². The molecular weight excluding hydrogens is 218 g/mol. The fourth-order valence-electron chi connectivity index (χ4n) is 2.30. The van der Waals surface area contributed by atoms with E-state index in [0.717, 1.165) is 26.1 Å². The molecule has 2 heterocycles. The molecule has 3 N–H and O–H groups in total. The van der Waals surface area contributed by atoms with E-state index in [1.54, 1.807) is 0 Å². The second-order valence-corrected chi connectivity index (χ2v) is 4.66. The van der Waals surface area contributed by atoms with Crippen LogP contribution in [0.1, 0.15) is 23.7 Å². The smallest absolute Gasteiger partial charge is 0.259 e. The lowest BCUT2D eigenvalue weighted by Crippen LogP contribution is -2.42. The highest BCUT2D eigenvalue weighted by molar-refractivity contribution is 5.98. The van der Waals surface area contributed by atoms with Crippen LogP contribution in [0.5, 0.6) is 0 Å². The molecule has 1 unspecified atom stereocenters. The van der Waals surface area contributed by atoms with E-state index < -0.39 is 0 Å². The number of carbonyl (C=O) groups is 1. The molecule has 0 spiro atoms. The molecule has 1 aliphatic heterocycles. The Bertz CT molecular complexity index is 402. The van der Waals surface area contributed by atoms with Gasteiger partial charge in [-0.1, -0.05) is 0 Å². The Kier molecular flexibility index (Phi) is 3.33. The van der Waals surface area contributed by atoms with Crippen LogP contribution in [0, 0.1) is 0 Å². The van der Waals surface area contributed by atoms with Crippen molar-refractivity contribution in [3.8, 4) is 0 Å². The fourth-order valence-corrected chi connectivity index (χ4v) is 2.30. The minimum atomic E-state index is -0.0287. The number of likely N-dealkylation sites (N-methyl/N-ethyl adjacent to an activating group) is 1. The van der Waals surface area contributed by atoms with Gasteiger partial charge in [0.2, 0.25) is 0 Å². The summed E-state index contributed by atoms with van der Waals surface area (Å²) in [7, 11) is 2.08. The van der Waals surface area contributed by atoms with Crippen LogP contribution in [-0.4, -0.2) is 58.6 Å². The molecule has 6 heteroatoms. The first-order valence-electron chi connectivity index (χ1n) is 5.88. The van der Waals surface area contributed by atoms with Crippen LogP contribution in [0.3, 0.4) is 0 Å². The highest BCUT2D eigenvalue weighted by atomic mass is 16.2. The Morgan fingerprint density at radius 1 is 1.59 bits per heavy atom. The molecule has 6 nitrogen and oxygen atoms in total.